The lowest BCUT2D eigenvalue weighted by Gasteiger charge is -2.02. The average Bonchev–Trinajstić information content (AvgIpc) is 2.27. The zero-order valence-electron chi connectivity index (χ0n) is 7.90. The van der Waals surface area contributed by atoms with Crippen LogP contribution in [0.3, 0.4) is 0 Å². The number of allylic oxidation sites excluding steroid dienone is 1. The Morgan fingerprint density at radius 2 is 2.13 bits per heavy atom. The van der Waals surface area contributed by atoms with E-state index in [1.54, 1.807) is 6.07 Å². The molecule has 0 N–H and O–H groups in total. The van der Waals surface area contributed by atoms with Gasteiger partial charge in [-0.2, -0.15) is 0 Å². The maximum atomic E-state index is 11.4. The molecule has 0 saturated heterocycles. The van der Waals surface area contributed by atoms with Crippen LogP contribution in [0.2, 0.25) is 5.15 Å². The zero-order chi connectivity index (χ0) is 10.8. The van der Waals surface area contributed by atoms with E-state index in [1.807, 2.05) is 24.3 Å². The van der Waals surface area contributed by atoms with E-state index in [0.717, 1.165) is 10.9 Å². The molecule has 1 aromatic carbocycles. The van der Waals surface area contributed by atoms with Gasteiger partial charge in [0.1, 0.15) is 5.15 Å². The van der Waals surface area contributed by atoms with Crippen LogP contribution in [0.5, 0.6) is 0 Å². The van der Waals surface area contributed by atoms with Crippen molar-refractivity contribution in [1.82, 2.24) is 4.98 Å². The standard InChI is InChI=1S/C12H8ClNO/c1-2-11(15)9-7-8-5-3-4-6-10(8)14-12(9)13/h2-7H,1H2. The van der Waals surface area contributed by atoms with Crippen LogP contribution in [-0.4, -0.2) is 10.8 Å². The number of carbonyl (C=O) groups excluding carboxylic acids is 1. The fourth-order valence-corrected chi connectivity index (χ4v) is 1.61. The van der Waals surface area contributed by atoms with Crippen molar-refractivity contribution in [3.05, 3.63) is 53.7 Å². The van der Waals surface area contributed by atoms with Gasteiger partial charge in [0.15, 0.2) is 5.78 Å². The molecule has 2 aromatic rings. The number of rotatable bonds is 2. The highest BCUT2D eigenvalue weighted by Gasteiger charge is 2.09. The second-order valence-electron chi connectivity index (χ2n) is 3.09. The van der Waals surface area contributed by atoms with Gasteiger partial charge in [-0.3, -0.25) is 4.79 Å². The van der Waals surface area contributed by atoms with Crippen molar-refractivity contribution in [1.29, 1.82) is 0 Å². The van der Waals surface area contributed by atoms with Gasteiger partial charge in [0.25, 0.3) is 0 Å². The molecule has 0 aliphatic carbocycles. The van der Waals surface area contributed by atoms with Gasteiger partial charge in [0, 0.05) is 5.39 Å². The van der Waals surface area contributed by atoms with Crippen LogP contribution in [-0.2, 0) is 0 Å². The van der Waals surface area contributed by atoms with E-state index in [1.165, 1.54) is 6.08 Å². The Balaban J connectivity index is 2.72. The van der Waals surface area contributed by atoms with Gasteiger partial charge >= 0.3 is 0 Å². The number of hydrogen-bond donors (Lipinski definition) is 0. The minimum atomic E-state index is -0.210. The molecule has 2 rings (SSSR count). The quantitative estimate of drug-likeness (QED) is 0.439. The van der Waals surface area contributed by atoms with Crippen molar-refractivity contribution in [2.24, 2.45) is 0 Å². The summed E-state index contributed by atoms with van der Waals surface area (Å²) in [5.74, 6) is -0.210. The smallest absolute Gasteiger partial charge is 0.188 e. The van der Waals surface area contributed by atoms with Crippen molar-refractivity contribution in [3.63, 3.8) is 0 Å². The lowest BCUT2D eigenvalue weighted by Crippen LogP contribution is -1.97. The fourth-order valence-electron chi connectivity index (χ4n) is 1.38. The molecule has 0 unspecified atom stereocenters. The van der Waals surface area contributed by atoms with Crippen molar-refractivity contribution < 1.29 is 4.79 Å². The van der Waals surface area contributed by atoms with Crippen LogP contribution in [0.1, 0.15) is 10.4 Å². The SMILES string of the molecule is C=CC(=O)c1cc2ccccc2nc1Cl. The van der Waals surface area contributed by atoms with Gasteiger partial charge in [-0.1, -0.05) is 36.4 Å². The topological polar surface area (TPSA) is 30.0 Å². The number of fused-ring (bicyclic) bond motifs is 1. The summed E-state index contributed by atoms with van der Waals surface area (Å²) in [6, 6.07) is 9.23. The lowest BCUT2D eigenvalue weighted by molar-refractivity contribution is 0.104. The number of aromatic nitrogens is 1. The average molecular weight is 218 g/mol. The molecule has 3 heteroatoms. The lowest BCUT2D eigenvalue weighted by atomic mass is 10.1. The number of hydrogen-bond acceptors (Lipinski definition) is 2. The molecule has 15 heavy (non-hydrogen) atoms. The highest BCUT2D eigenvalue weighted by atomic mass is 35.5. The molecule has 0 amide bonds. The Labute approximate surface area is 92.2 Å². The third-order valence-corrected chi connectivity index (χ3v) is 2.42. The summed E-state index contributed by atoms with van der Waals surface area (Å²) in [6.45, 7) is 3.42. The summed E-state index contributed by atoms with van der Waals surface area (Å²) >= 11 is 5.90. The van der Waals surface area contributed by atoms with Crippen LogP contribution in [0, 0.1) is 0 Å². The number of nitrogens with zero attached hydrogens (tertiary/aromatic N) is 1. The summed E-state index contributed by atoms with van der Waals surface area (Å²) in [5.41, 5.74) is 1.17. The normalized spacial score (nSPS) is 10.2. The van der Waals surface area contributed by atoms with E-state index in [9.17, 15) is 4.79 Å². The minimum absolute atomic E-state index is 0.210. The van der Waals surface area contributed by atoms with Crippen molar-refractivity contribution in [2.45, 2.75) is 0 Å². The Kier molecular flexibility index (Phi) is 2.52. The third kappa shape index (κ3) is 1.76. The Morgan fingerprint density at radius 1 is 1.40 bits per heavy atom. The van der Waals surface area contributed by atoms with Gasteiger partial charge < -0.3 is 0 Å². The van der Waals surface area contributed by atoms with E-state index in [-0.39, 0.29) is 10.9 Å². The van der Waals surface area contributed by atoms with Gasteiger partial charge in [-0.15, -0.1) is 0 Å². The Morgan fingerprint density at radius 3 is 2.87 bits per heavy atom. The van der Waals surface area contributed by atoms with E-state index in [4.69, 9.17) is 11.6 Å². The molecule has 0 fully saturated rings. The second-order valence-corrected chi connectivity index (χ2v) is 3.45. The van der Waals surface area contributed by atoms with Gasteiger partial charge in [0.05, 0.1) is 11.1 Å². The minimum Gasteiger partial charge on any atom is -0.289 e. The number of halogens is 1. The molecular weight excluding hydrogens is 210 g/mol. The monoisotopic (exact) mass is 217 g/mol. The summed E-state index contributed by atoms with van der Waals surface area (Å²) in [4.78, 5) is 15.6. The molecule has 1 heterocycles. The summed E-state index contributed by atoms with van der Waals surface area (Å²) in [5, 5.41) is 1.12. The third-order valence-electron chi connectivity index (χ3n) is 2.13. The number of para-hydroxylation sites is 1. The van der Waals surface area contributed by atoms with Crippen molar-refractivity contribution >= 4 is 28.3 Å². The second kappa shape index (κ2) is 3.83. The predicted octanol–water partition coefficient (Wildman–Crippen LogP) is 3.26. The summed E-state index contributed by atoms with van der Waals surface area (Å²) in [6.07, 6.45) is 1.23. The highest BCUT2D eigenvalue weighted by Crippen LogP contribution is 2.20. The van der Waals surface area contributed by atoms with Crippen LogP contribution < -0.4 is 0 Å². The first-order chi connectivity index (χ1) is 7.22. The number of pyridine rings is 1. The maximum Gasteiger partial charge on any atom is 0.188 e. The van der Waals surface area contributed by atoms with E-state index < -0.39 is 0 Å². The number of ketones is 1. The summed E-state index contributed by atoms with van der Waals surface area (Å²) in [7, 11) is 0. The van der Waals surface area contributed by atoms with Crippen molar-refractivity contribution in [3.8, 4) is 0 Å². The van der Waals surface area contributed by atoms with Crippen LogP contribution in [0.15, 0.2) is 43.0 Å². The first-order valence-corrected chi connectivity index (χ1v) is 4.82. The molecule has 0 aliphatic rings. The van der Waals surface area contributed by atoms with E-state index >= 15 is 0 Å². The van der Waals surface area contributed by atoms with Crippen LogP contribution >= 0.6 is 11.6 Å². The van der Waals surface area contributed by atoms with Gasteiger partial charge in [0.2, 0.25) is 0 Å². The highest BCUT2D eigenvalue weighted by molar-refractivity contribution is 6.34. The molecule has 0 aliphatic heterocycles. The molecule has 1 aromatic heterocycles. The maximum absolute atomic E-state index is 11.4. The van der Waals surface area contributed by atoms with Gasteiger partial charge in [-0.25, -0.2) is 4.98 Å². The Bertz CT molecular complexity index is 548. The number of carbonyl (C=O) groups is 1. The zero-order valence-corrected chi connectivity index (χ0v) is 8.66. The van der Waals surface area contributed by atoms with Crippen LogP contribution in [0.4, 0.5) is 0 Å². The molecule has 0 bridgehead atoms. The van der Waals surface area contributed by atoms with E-state index in [2.05, 4.69) is 11.6 Å². The summed E-state index contributed by atoms with van der Waals surface area (Å²) < 4.78 is 0. The van der Waals surface area contributed by atoms with E-state index in [0.29, 0.717) is 5.56 Å². The fraction of sp³-hybridized carbons (Fsp3) is 0. The first-order valence-electron chi connectivity index (χ1n) is 4.44. The molecule has 74 valence electrons. The predicted molar refractivity (Wildman–Crippen MR) is 61.3 cm³/mol. The molecule has 0 saturated carbocycles. The van der Waals surface area contributed by atoms with Crippen molar-refractivity contribution in [2.75, 3.05) is 0 Å². The molecule has 0 radical (unpaired) electrons. The molecule has 0 spiro atoms. The first kappa shape index (κ1) is 9.87. The number of benzene rings is 1. The molecular formula is C12H8ClNO. The molecule has 2 nitrogen and oxygen atoms in total. The van der Waals surface area contributed by atoms with Crippen LogP contribution in [0.25, 0.3) is 10.9 Å². The molecule has 0 atom stereocenters. The van der Waals surface area contributed by atoms with Gasteiger partial charge in [-0.05, 0) is 18.2 Å². The largest absolute Gasteiger partial charge is 0.289 e. The Hall–Kier alpha value is -1.67.